The molecule has 0 radical (unpaired) electrons. The van der Waals surface area contributed by atoms with Crippen molar-refractivity contribution in [1.29, 1.82) is 0 Å². The number of carbonyl (C=O) groups excluding carboxylic acids is 1. The second-order valence-corrected chi connectivity index (χ2v) is 6.94. The van der Waals surface area contributed by atoms with Gasteiger partial charge in [-0.05, 0) is 37.2 Å². The number of nitrogens with zero attached hydrogens (tertiary/aromatic N) is 1. The van der Waals surface area contributed by atoms with Gasteiger partial charge in [0.05, 0.1) is 0 Å². The molecule has 1 heterocycles. The first-order valence-corrected chi connectivity index (χ1v) is 8.89. The summed E-state index contributed by atoms with van der Waals surface area (Å²) in [7, 11) is 0. The molecule has 1 aliphatic heterocycles. The highest BCUT2D eigenvalue weighted by Gasteiger charge is 2.50. The molecule has 1 aromatic carbocycles. The molecule has 1 amide bonds. The molecule has 1 aromatic rings. The summed E-state index contributed by atoms with van der Waals surface area (Å²) in [5, 5.41) is 20.8. The molecule has 24 heavy (non-hydrogen) atoms. The van der Waals surface area contributed by atoms with Gasteiger partial charge in [0.1, 0.15) is 0 Å². The van der Waals surface area contributed by atoms with Gasteiger partial charge in [0.2, 0.25) is 0 Å². The number of benzene rings is 1. The highest BCUT2D eigenvalue weighted by atomic mass is 16.4. The van der Waals surface area contributed by atoms with Crippen LogP contribution in [0.15, 0.2) is 24.3 Å². The number of rotatable bonds is 4. The van der Waals surface area contributed by atoms with Crippen LogP contribution in [-0.2, 0) is 15.2 Å². The number of likely N-dealkylation sites (tertiary alicyclic amines) is 1. The van der Waals surface area contributed by atoms with Crippen molar-refractivity contribution in [1.82, 2.24) is 4.90 Å². The summed E-state index contributed by atoms with van der Waals surface area (Å²) in [6, 6.07) is 7.03. The van der Waals surface area contributed by atoms with Gasteiger partial charge < -0.3 is 15.1 Å². The number of aliphatic carboxylic acids is 1. The zero-order valence-corrected chi connectivity index (χ0v) is 13.9. The van der Waals surface area contributed by atoms with Gasteiger partial charge in [0.25, 0.3) is 11.5 Å². The third kappa shape index (κ3) is 2.93. The zero-order valence-electron chi connectivity index (χ0n) is 13.9. The lowest BCUT2D eigenvalue weighted by molar-refractivity contribution is -0.172. The normalized spacial score (nSPS) is 21.5. The number of aliphatic hydroxyl groups is 1. The third-order valence-electron chi connectivity index (χ3n) is 5.41. The molecule has 2 aliphatic rings. The molecule has 1 saturated heterocycles. The molecular weight excluding hydrogens is 306 g/mol. The quantitative estimate of drug-likeness (QED) is 0.832. The molecule has 1 unspecified atom stereocenters. The molecule has 2 N–H and O–H groups in total. The molecule has 0 aromatic heterocycles. The van der Waals surface area contributed by atoms with E-state index in [0.29, 0.717) is 13.1 Å². The van der Waals surface area contributed by atoms with Crippen molar-refractivity contribution in [3.8, 4) is 0 Å². The molecule has 1 saturated carbocycles. The summed E-state index contributed by atoms with van der Waals surface area (Å²) in [5.74, 6) is -1.97. The van der Waals surface area contributed by atoms with Gasteiger partial charge >= 0.3 is 5.97 Å². The Morgan fingerprint density at radius 2 is 1.62 bits per heavy atom. The Morgan fingerprint density at radius 1 is 1.00 bits per heavy atom. The fourth-order valence-electron chi connectivity index (χ4n) is 4.07. The van der Waals surface area contributed by atoms with E-state index in [1.165, 1.54) is 11.3 Å². The Labute approximate surface area is 142 Å². The SMILES string of the molecule is O=C(O)C(O)(C(=O)N1CCCC1)c1ccccc1C1CCCCC1. The molecule has 0 spiro atoms. The Morgan fingerprint density at radius 3 is 2.25 bits per heavy atom. The van der Waals surface area contributed by atoms with Gasteiger partial charge in [-0.25, -0.2) is 4.79 Å². The van der Waals surface area contributed by atoms with Crippen LogP contribution in [0.4, 0.5) is 0 Å². The second-order valence-electron chi connectivity index (χ2n) is 6.94. The summed E-state index contributed by atoms with van der Waals surface area (Å²) >= 11 is 0. The summed E-state index contributed by atoms with van der Waals surface area (Å²) < 4.78 is 0. The van der Waals surface area contributed by atoms with E-state index < -0.39 is 17.5 Å². The number of hydrogen-bond donors (Lipinski definition) is 2. The summed E-state index contributed by atoms with van der Waals surface area (Å²) in [6.07, 6.45) is 7.05. The van der Waals surface area contributed by atoms with Crippen LogP contribution in [0.5, 0.6) is 0 Å². The molecule has 130 valence electrons. The van der Waals surface area contributed by atoms with Crippen molar-refractivity contribution in [2.75, 3.05) is 13.1 Å². The van der Waals surface area contributed by atoms with Crippen molar-refractivity contribution >= 4 is 11.9 Å². The van der Waals surface area contributed by atoms with Crippen LogP contribution in [-0.4, -0.2) is 40.1 Å². The van der Waals surface area contributed by atoms with Gasteiger partial charge in [-0.2, -0.15) is 0 Å². The van der Waals surface area contributed by atoms with E-state index in [4.69, 9.17) is 0 Å². The number of carbonyl (C=O) groups is 2. The maximum absolute atomic E-state index is 12.8. The number of hydrogen-bond acceptors (Lipinski definition) is 3. The maximum Gasteiger partial charge on any atom is 0.350 e. The average molecular weight is 331 g/mol. The molecule has 2 fully saturated rings. The summed E-state index contributed by atoms with van der Waals surface area (Å²) in [5.41, 5.74) is -1.42. The molecule has 5 heteroatoms. The number of amides is 1. The monoisotopic (exact) mass is 331 g/mol. The summed E-state index contributed by atoms with van der Waals surface area (Å²) in [6.45, 7) is 1.03. The Kier molecular flexibility index (Phi) is 4.90. The zero-order chi connectivity index (χ0) is 17.2. The van der Waals surface area contributed by atoms with Crippen LogP contribution in [0, 0.1) is 0 Å². The van der Waals surface area contributed by atoms with Crippen LogP contribution in [0.3, 0.4) is 0 Å². The minimum absolute atomic E-state index is 0.215. The Balaban J connectivity index is 2.02. The third-order valence-corrected chi connectivity index (χ3v) is 5.41. The van der Waals surface area contributed by atoms with Crippen molar-refractivity contribution in [2.24, 2.45) is 0 Å². The largest absolute Gasteiger partial charge is 0.478 e. The fraction of sp³-hybridized carbons (Fsp3) is 0.579. The van der Waals surface area contributed by atoms with E-state index in [1.807, 2.05) is 12.1 Å². The average Bonchev–Trinajstić information content (AvgIpc) is 3.15. The van der Waals surface area contributed by atoms with Crippen molar-refractivity contribution in [3.05, 3.63) is 35.4 Å². The lowest BCUT2D eigenvalue weighted by Crippen LogP contribution is -2.51. The lowest BCUT2D eigenvalue weighted by Gasteiger charge is -2.32. The van der Waals surface area contributed by atoms with Gasteiger partial charge in [0, 0.05) is 18.7 Å². The maximum atomic E-state index is 12.8. The first kappa shape index (κ1) is 17.0. The smallest absolute Gasteiger partial charge is 0.350 e. The molecule has 3 rings (SSSR count). The van der Waals surface area contributed by atoms with Crippen molar-refractivity contribution < 1.29 is 19.8 Å². The van der Waals surface area contributed by atoms with E-state index in [9.17, 15) is 19.8 Å². The van der Waals surface area contributed by atoms with Crippen LogP contribution in [0.25, 0.3) is 0 Å². The first-order chi connectivity index (χ1) is 11.5. The van der Waals surface area contributed by atoms with Crippen molar-refractivity contribution in [3.63, 3.8) is 0 Å². The van der Waals surface area contributed by atoms with Crippen LogP contribution < -0.4 is 0 Å². The lowest BCUT2D eigenvalue weighted by atomic mass is 9.78. The van der Waals surface area contributed by atoms with Gasteiger partial charge in [-0.15, -0.1) is 0 Å². The minimum atomic E-state index is -2.49. The molecule has 1 atom stereocenters. The van der Waals surface area contributed by atoms with Crippen LogP contribution in [0.1, 0.15) is 62.0 Å². The van der Waals surface area contributed by atoms with E-state index in [1.54, 1.807) is 12.1 Å². The standard InChI is InChI=1S/C19H25NO4/c21-17(20-12-6-7-13-20)19(24,18(22)23)16-11-5-4-10-15(16)14-8-2-1-3-9-14/h4-5,10-11,14,24H,1-3,6-9,12-13H2,(H,22,23). The molecule has 1 aliphatic carbocycles. The first-order valence-electron chi connectivity index (χ1n) is 8.89. The van der Waals surface area contributed by atoms with Crippen molar-refractivity contribution in [2.45, 2.75) is 56.5 Å². The molecular formula is C19H25NO4. The Bertz CT molecular complexity index is 618. The van der Waals surface area contributed by atoms with Crippen LogP contribution in [0.2, 0.25) is 0 Å². The molecule has 0 bridgehead atoms. The van der Waals surface area contributed by atoms with Gasteiger partial charge in [-0.1, -0.05) is 43.5 Å². The predicted octanol–water partition coefficient (Wildman–Crippen LogP) is 2.63. The van der Waals surface area contributed by atoms with E-state index >= 15 is 0 Å². The van der Waals surface area contributed by atoms with E-state index in [0.717, 1.165) is 44.1 Å². The fourth-order valence-corrected chi connectivity index (χ4v) is 4.07. The molecule has 5 nitrogen and oxygen atoms in total. The van der Waals surface area contributed by atoms with Gasteiger partial charge in [-0.3, -0.25) is 4.79 Å². The van der Waals surface area contributed by atoms with E-state index in [2.05, 4.69) is 0 Å². The van der Waals surface area contributed by atoms with Crippen LogP contribution >= 0.6 is 0 Å². The highest BCUT2D eigenvalue weighted by Crippen LogP contribution is 2.39. The van der Waals surface area contributed by atoms with Gasteiger partial charge in [0.15, 0.2) is 0 Å². The second kappa shape index (κ2) is 6.93. The topological polar surface area (TPSA) is 77.8 Å². The number of carboxylic acid groups (broad SMARTS) is 1. The van der Waals surface area contributed by atoms with E-state index in [-0.39, 0.29) is 11.5 Å². The number of carboxylic acids is 1. The summed E-state index contributed by atoms with van der Waals surface area (Å²) in [4.78, 5) is 26.3. The predicted molar refractivity (Wildman–Crippen MR) is 89.6 cm³/mol. The highest BCUT2D eigenvalue weighted by molar-refractivity contribution is 6.06. The Hall–Kier alpha value is -1.88. The minimum Gasteiger partial charge on any atom is -0.478 e.